The first-order chi connectivity index (χ1) is 8.50. The molecule has 2 atom stereocenters. The highest BCUT2D eigenvalue weighted by Crippen LogP contribution is 2.17. The summed E-state index contributed by atoms with van der Waals surface area (Å²) < 4.78 is 22.8. The highest BCUT2D eigenvalue weighted by Gasteiger charge is 2.37. The maximum atomic E-state index is 11.4. The van der Waals surface area contributed by atoms with Crippen LogP contribution in [0.5, 0.6) is 0 Å². The van der Waals surface area contributed by atoms with Crippen LogP contribution in [0.3, 0.4) is 0 Å². The molecule has 0 spiro atoms. The molecule has 106 valence electrons. The van der Waals surface area contributed by atoms with Crippen molar-refractivity contribution >= 4 is 9.84 Å². The molecule has 2 rings (SSSR count). The van der Waals surface area contributed by atoms with Gasteiger partial charge in [-0.25, -0.2) is 8.42 Å². The van der Waals surface area contributed by atoms with Crippen molar-refractivity contribution in [3.8, 4) is 0 Å². The normalized spacial score (nSPS) is 33.9. The van der Waals surface area contributed by atoms with Crippen LogP contribution in [0.2, 0.25) is 0 Å². The summed E-state index contributed by atoms with van der Waals surface area (Å²) in [6.07, 6.45) is 2.54. The van der Waals surface area contributed by atoms with Crippen molar-refractivity contribution in [1.29, 1.82) is 0 Å². The van der Waals surface area contributed by atoms with Gasteiger partial charge in [-0.15, -0.1) is 0 Å². The molecule has 5 nitrogen and oxygen atoms in total. The number of piperidine rings is 1. The zero-order chi connectivity index (χ0) is 13.2. The van der Waals surface area contributed by atoms with Gasteiger partial charge in [0.05, 0.1) is 17.6 Å². The van der Waals surface area contributed by atoms with Crippen LogP contribution in [0.4, 0.5) is 0 Å². The Labute approximate surface area is 109 Å². The van der Waals surface area contributed by atoms with Crippen molar-refractivity contribution in [3.63, 3.8) is 0 Å². The molecule has 0 saturated carbocycles. The molecule has 2 saturated heterocycles. The Bertz CT molecular complexity index is 364. The Morgan fingerprint density at radius 3 is 2.44 bits per heavy atom. The lowest BCUT2D eigenvalue weighted by Crippen LogP contribution is -2.49. The summed E-state index contributed by atoms with van der Waals surface area (Å²) in [6.45, 7) is 5.47. The van der Waals surface area contributed by atoms with Crippen LogP contribution >= 0.6 is 0 Å². The molecule has 18 heavy (non-hydrogen) atoms. The Balaban J connectivity index is 1.78. The molecule has 2 heterocycles. The van der Waals surface area contributed by atoms with Gasteiger partial charge in [-0.1, -0.05) is 6.92 Å². The zero-order valence-corrected chi connectivity index (χ0v) is 11.8. The summed E-state index contributed by atoms with van der Waals surface area (Å²) in [6, 6.07) is 0.0868. The molecule has 2 unspecified atom stereocenters. The number of rotatable bonds is 4. The number of likely N-dealkylation sites (tertiary alicyclic amines) is 1. The molecule has 6 heteroatoms. The maximum absolute atomic E-state index is 11.4. The fraction of sp³-hybridized carbons (Fsp3) is 1.00. The van der Waals surface area contributed by atoms with E-state index in [-0.39, 0.29) is 17.5 Å². The molecule has 0 aromatic carbocycles. The van der Waals surface area contributed by atoms with Crippen molar-refractivity contribution in [2.75, 3.05) is 31.1 Å². The van der Waals surface area contributed by atoms with E-state index in [9.17, 15) is 13.5 Å². The monoisotopic (exact) mass is 276 g/mol. The molecule has 0 aliphatic carbocycles. The minimum Gasteiger partial charge on any atom is -0.390 e. The topological polar surface area (TPSA) is 69.6 Å². The summed E-state index contributed by atoms with van der Waals surface area (Å²) in [5.41, 5.74) is 0. The number of nitrogens with zero attached hydrogens (tertiary/aromatic N) is 1. The van der Waals surface area contributed by atoms with Gasteiger partial charge < -0.3 is 15.3 Å². The molecular weight excluding hydrogens is 252 g/mol. The summed E-state index contributed by atoms with van der Waals surface area (Å²) in [5.74, 6) is 0.00267. The van der Waals surface area contributed by atoms with Crippen LogP contribution in [0.15, 0.2) is 0 Å². The van der Waals surface area contributed by atoms with Gasteiger partial charge in [-0.05, 0) is 38.9 Å². The summed E-state index contributed by atoms with van der Waals surface area (Å²) >= 11 is 0. The molecular formula is C12H24N2O3S. The molecule has 2 aliphatic heterocycles. The van der Waals surface area contributed by atoms with Gasteiger partial charge in [-0.3, -0.25) is 0 Å². The second kappa shape index (κ2) is 5.86. The Morgan fingerprint density at radius 1 is 1.28 bits per heavy atom. The van der Waals surface area contributed by atoms with Gasteiger partial charge in [0.1, 0.15) is 0 Å². The Morgan fingerprint density at radius 2 is 1.94 bits per heavy atom. The van der Waals surface area contributed by atoms with E-state index >= 15 is 0 Å². The standard InChI is InChI=1S/C12H24N2O3S/c1-2-5-14-6-3-10(4-7-14)13-11-8-18(16,17)9-12(11)15/h10-13,15H,2-9H2,1H3. The van der Waals surface area contributed by atoms with Crippen LogP contribution in [0.25, 0.3) is 0 Å². The van der Waals surface area contributed by atoms with Gasteiger partial charge in [0.2, 0.25) is 0 Å². The Hall–Kier alpha value is -0.170. The number of aliphatic hydroxyl groups excluding tert-OH is 1. The average Bonchev–Trinajstić information content (AvgIpc) is 2.55. The highest BCUT2D eigenvalue weighted by atomic mass is 32.2. The van der Waals surface area contributed by atoms with Crippen LogP contribution < -0.4 is 5.32 Å². The zero-order valence-electron chi connectivity index (χ0n) is 11.0. The van der Waals surface area contributed by atoms with E-state index in [1.54, 1.807) is 0 Å². The van der Waals surface area contributed by atoms with Gasteiger partial charge in [-0.2, -0.15) is 0 Å². The lowest BCUT2D eigenvalue weighted by atomic mass is 10.0. The Kier molecular flexibility index (Phi) is 4.64. The fourth-order valence-corrected chi connectivity index (χ4v) is 4.68. The lowest BCUT2D eigenvalue weighted by Gasteiger charge is -2.34. The fourth-order valence-electron chi connectivity index (χ4n) is 2.93. The highest BCUT2D eigenvalue weighted by molar-refractivity contribution is 7.91. The molecule has 0 radical (unpaired) electrons. The minimum atomic E-state index is -3.04. The van der Waals surface area contributed by atoms with Crippen molar-refractivity contribution < 1.29 is 13.5 Å². The lowest BCUT2D eigenvalue weighted by molar-refractivity contribution is 0.138. The van der Waals surface area contributed by atoms with Crippen molar-refractivity contribution in [3.05, 3.63) is 0 Å². The van der Waals surface area contributed by atoms with Crippen LogP contribution in [-0.2, 0) is 9.84 Å². The second-order valence-corrected chi connectivity index (χ2v) is 7.69. The number of hydrogen-bond donors (Lipinski definition) is 2. The number of aliphatic hydroxyl groups is 1. The van der Waals surface area contributed by atoms with Gasteiger partial charge in [0, 0.05) is 12.1 Å². The largest absolute Gasteiger partial charge is 0.390 e. The molecule has 0 bridgehead atoms. The molecule has 0 aromatic heterocycles. The maximum Gasteiger partial charge on any atom is 0.154 e. The van der Waals surface area contributed by atoms with E-state index in [1.165, 1.54) is 6.42 Å². The first kappa shape index (κ1) is 14.2. The minimum absolute atomic E-state index is 0.0840. The van der Waals surface area contributed by atoms with E-state index in [0.29, 0.717) is 6.04 Å². The predicted octanol–water partition coefficient (Wildman–Crippen LogP) is -0.392. The molecule has 2 aliphatic rings. The van der Waals surface area contributed by atoms with Gasteiger partial charge in [0.15, 0.2) is 9.84 Å². The number of hydrogen-bond acceptors (Lipinski definition) is 5. The molecule has 0 aromatic rings. The SMILES string of the molecule is CCCN1CCC(NC2CS(=O)(=O)CC2O)CC1. The average molecular weight is 276 g/mol. The quantitative estimate of drug-likeness (QED) is 0.732. The summed E-state index contributed by atoms with van der Waals surface area (Å²) in [4.78, 5) is 2.44. The third-order valence-electron chi connectivity index (χ3n) is 3.90. The van der Waals surface area contributed by atoms with Crippen LogP contribution in [0.1, 0.15) is 26.2 Å². The molecule has 2 fully saturated rings. The third-order valence-corrected chi connectivity index (χ3v) is 5.62. The predicted molar refractivity (Wildman–Crippen MR) is 71.3 cm³/mol. The van der Waals surface area contributed by atoms with E-state index in [0.717, 1.165) is 32.5 Å². The molecule has 0 amide bonds. The number of nitrogens with one attached hydrogen (secondary N) is 1. The summed E-state index contributed by atoms with van der Waals surface area (Å²) in [7, 11) is -3.04. The summed E-state index contributed by atoms with van der Waals surface area (Å²) in [5, 5.41) is 13.1. The van der Waals surface area contributed by atoms with E-state index in [2.05, 4.69) is 17.1 Å². The van der Waals surface area contributed by atoms with Crippen molar-refractivity contribution in [2.24, 2.45) is 0 Å². The first-order valence-corrected chi connectivity index (χ1v) is 8.69. The van der Waals surface area contributed by atoms with Crippen LogP contribution in [0, 0.1) is 0 Å². The smallest absolute Gasteiger partial charge is 0.154 e. The van der Waals surface area contributed by atoms with Gasteiger partial charge in [0.25, 0.3) is 0 Å². The molecule has 2 N–H and O–H groups in total. The third kappa shape index (κ3) is 3.66. The van der Waals surface area contributed by atoms with Crippen molar-refractivity contribution in [2.45, 2.75) is 44.4 Å². The van der Waals surface area contributed by atoms with E-state index < -0.39 is 15.9 Å². The first-order valence-electron chi connectivity index (χ1n) is 6.87. The van der Waals surface area contributed by atoms with E-state index in [4.69, 9.17) is 0 Å². The van der Waals surface area contributed by atoms with Gasteiger partial charge >= 0.3 is 0 Å². The van der Waals surface area contributed by atoms with Crippen LogP contribution in [-0.4, -0.2) is 67.8 Å². The van der Waals surface area contributed by atoms with E-state index in [1.807, 2.05) is 0 Å². The number of sulfone groups is 1. The van der Waals surface area contributed by atoms with Crippen molar-refractivity contribution in [1.82, 2.24) is 10.2 Å². The second-order valence-electron chi connectivity index (χ2n) is 5.53.